The molecule has 2 aromatic carbocycles. The van der Waals surface area contributed by atoms with E-state index in [0.29, 0.717) is 13.1 Å². The van der Waals surface area contributed by atoms with Crippen LogP contribution >= 0.6 is 0 Å². The summed E-state index contributed by atoms with van der Waals surface area (Å²) in [6.45, 7) is 7.13. The first-order chi connectivity index (χ1) is 14.4. The first kappa shape index (κ1) is 22.1. The van der Waals surface area contributed by atoms with Crippen molar-refractivity contribution >= 4 is 16.1 Å². The topological polar surface area (TPSA) is 42.3 Å². The molecule has 0 saturated heterocycles. The zero-order chi connectivity index (χ0) is 21.6. The SMILES string of the molecule is CC(C)C(C)N(Cc1cccn1Cc1ccccc1)S(=O)(=O)/C=C/c1ccccc1. The number of rotatable bonds is 9. The van der Waals surface area contributed by atoms with Crippen molar-refractivity contribution in [2.24, 2.45) is 5.92 Å². The Morgan fingerprint density at radius 1 is 0.900 bits per heavy atom. The number of nitrogens with zero attached hydrogens (tertiary/aromatic N) is 2. The molecule has 1 heterocycles. The summed E-state index contributed by atoms with van der Waals surface area (Å²) in [5.74, 6) is 0.197. The maximum Gasteiger partial charge on any atom is 0.236 e. The van der Waals surface area contributed by atoms with E-state index in [0.717, 1.165) is 11.3 Å². The molecule has 3 aromatic rings. The molecule has 1 atom stereocenters. The van der Waals surface area contributed by atoms with Gasteiger partial charge in [0.2, 0.25) is 10.0 Å². The molecule has 0 radical (unpaired) electrons. The van der Waals surface area contributed by atoms with Crippen molar-refractivity contribution < 1.29 is 8.42 Å². The molecule has 4 nitrogen and oxygen atoms in total. The van der Waals surface area contributed by atoms with E-state index in [1.165, 1.54) is 11.0 Å². The molecule has 0 spiro atoms. The van der Waals surface area contributed by atoms with Gasteiger partial charge in [-0.2, -0.15) is 4.31 Å². The molecule has 0 N–H and O–H groups in total. The van der Waals surface area contributed by atoms with Gasteiger partial charge in [0.05, 0.1) is 6.54 Å². The number of aromatic nitrogens is 1. The minimum atomic E-state index is -3.59. The van der Waals surface area contributed by atoms with Gasteiger partial charge in [0.1, 0.15) is 0 Å². The minimum absolute atomic E-state index is 0.129. The van der Waals surface area contributed by atoms with E-state index in [1.54, 1.807) is 10.4 Å². The standard InChI is InChI=1S/C25H30N2O2S/c1-21(2)22(3)27(30(28,29)18-16-23-11-6-4-7-12-23)20-25-15-10-17-26(25)19-24-13-8-5-9-14-24/h4-18,21-22H,19-20H2,1-3H3/b18-16+. The van der Waals surface area contributed by atoms with Crippen LogP contribution in [0.1, 0.15) is 37.6 Å². The number of sulfonamides is 1. The molecule has 0 saturated carbocycles. The molecule has 158 valence electrons. The van der Waals surface area contributed by atoms with Crippen molar-refractivity contribution in [3.05, 3.63) is 101 Å². The Bertz CT molecular complexity index is 1050. The molecule has 0 aliphatic heterocycles. The van der Waals surface area contributed by atoms with E-state index in [1.807, 2.05) is 73.8 Å². The fourth-order valence-corrected chi connectivity index (χ4v) is 4.80. The molecular weight excluding hydrogens is 392 g/mol. The number of hydrogen-bond acceptors (Lipinski definition) is 2. The zero-order valence-corrected chi connectivity index (χ0v) is 18.7. The summed E-state index contributed by atoms with van der Waals surface area (Å²) in [5, 5.41) is 1.33. The Labute approximate surface area is 180 Å². The van der Waals surface area contributed by atoms with Crippen LogP contribution < -0.4 is 0 Å². The van der Waals surface area contributed by atoms with Crippen LogP contribution in [0.2, 0.25) is 0 Å². The third-order valence-electron chi connectivity index (χ3n) is 5.42. The molecule has 3 rings (SSSR count). The largest absolute Gasteiger partial charge is 0.346 e. The summed E-state index contributed by atoms with van der Waals surface area (Å²) >= 11 is 0. The third-order valence-corrected chi connectivity index (χ3v) is 7.01. The van der Waals surface area contributed by atoms with Gasteiger partial charge in [0.15, 0.2) is 0 Å². The van der Waals surface area contributed by atoms with Gasteiger partial charge in [-0.15, -0.1) is 0 Å². The predicted octanol–water partition coefficient (Wildman–Crippen LogP) is 5.38. The average molecular weight is 423 g/mol. The van der Waals surface area contributed by atoms with Crippen molar-refractivity contribution in [2.75, 3.05) is 0 Å². The molecular formula is C25H30N2O2S. The van der Waals surface area contributed by atoms with Crippen LogP contribution in [0.3, 0.4) is 0 Å². The van der Waals surface area contributed by atoms with Gasteiger partial charge >= 0.3 is 0 Å². The maximum absolute atomic E-state index is 13.3. The van der Waals surface area contributed by atoms with Crippen LogP contribution in [0, 0.1) is 5.92 Å². The van der Waals surface area contributed by atoms with Gasteiger partial charge in [-0.05, 0) is 42.2 Å². The van der Waals surface area contributed by atoms with Crippen molar-refractivity contribution in [2.45, 2.75) is 39.9 Å². The molecule has 0 amide bonds. The lowest BCUT2D eigenvalue weighted by atomic mass is 10.1. The second-order valence-electron chi connectivity index (χ2n) is 7.90. The summed E-state index contributed by atoms with van der Waals surface area (Å²) in [5.41, 5.74) is 3.03. The normalized spacial score (nSPS) is 13.4. The van der Waals surface area contributed by atoms with E-state index >= 15 is 0 Å². The average Bonchev–Trinajstić information content (AvgIpc) is 3.18. The summed E-state index contributed by atoms with van der Waals surface area (Å²) in [4.78, 5) is 0. The second-order valence-corrected chi connectivity index (χ2v) is 9.67. The Morgan fingerprint density at radius 3 is 2.17 bits per heavy atom. The molecule has 0 fully saturated rings. The molecule has 1 unspecified atom stereocenters. The zero-order valence-electron chi connectivity index (χ0n) is 17.8. The fourth-order valence-electron chi connectivity index (χ4n) is 3.29. The minimum Gasteiger partial charge on any atom is -0.346 e. The Balaban J connectivity index is 1.87. The lowest BCUT2D eigenvalue weighted by Crippen LogP contribution is -2.40. The Hall–Kier alpha value is -2.63. The van der Waals surface area contributed by atoms with Gasteiger partial charge in [-0.25, -0.2) is 8.42 Å². The lowest BCUT2D eigenvalue weighted by Gasteiger charge is -2.30. The highest BCUT2D eigenvalue weighted by Gasteiger charge is 2.28. The fraction of sp³-hybridized carbons (Fsp3) is 0.280. The molecule has 1 aromatic heterocycles. The first-order valence-corrected chi connectivity index (χ1v) is 11.8. The van der Waals surface area contributed by atoms with E-state index in [9.17, 15) is 8.42 Å². The highest BCUT2D eigenvalue weighted by atomic mass is 32.2. The van der Waals surface area contributed by atoms with E-state index in [4.69, 9.17) is 0 Å². The summed E-state index contributed by atoms with van der Waals surface area (Å²) in [7, 11) is -3.59. The Kier molecular flexibility index (Phi) is 7.29. The highest BCUT2D eigenvalue weighted by Crippen LogP contribution is 2.21. The van der Waals surface area contributed by atoms with Gasteiger partial charge in [-0.1, -0.05) is 74.5 Å². The van der Waals surface area contributed by atoms with Crippen LogP contribution in [0.4, 0.5) is 0 Å². The summed E-state index contributed by atoms with van der Waals surface area (Å²) in [6.07, 6.45) is 3.67. The van der Waals surface area contributed by atoms with Gasteiger partial charge < -0.3 is 4.57 Å². The highest BCUT2D eigenvalue weighted by molar-refractivity contribution is 7.92. The maximum atomic E-state index is 13.3. The van der Waals surface area contributed by atoms with Crippen molar-refractivity contribution in [1.82, 2.24) is 8.87 Å². The molecule has 0 aliphatic carbocycles. The summed E-state index contributed by atoms with van der Waals surface area (Å²) in [6, 6.07) is 23.6. The quantitative estimate of drug-likeness (QED) is 0.464. The molecule has 0 aliphatic rings. The van der Waals surface area contributed by atoms with Gasteiger partial charge in [-0.3, -0.25) is 0 Å². The summed E-state index contributed by atoms with van der Waals surface area (Å²) < 4.78 is 30.3. The van der Waals surface area contributed by atoms with E-state index in [2.05, 4.69) is 30.5 Å². The lowest BCUT2D eigenvalue weighted by molar-refractivity contribution is 0.268. The van der Waals surface area contributed by atoms with Crippen molar-refractivity contribution in [1.29, 1.82) is 0 Å². The number of benzene rings is 2. The predicted molar refractivity (Wildman–Crippen MR) is 124 cm³/mol. The monoisotopic (exact) mass is 422 g/mol. The van der Waals surface area contributed by atoms with Crippen LogP contribution in [0.15, 0.2) is 84.4 Å². The van der Waals surface area contributed by atoms with Crippen molar-refractivity contribution in [3.63, 3.8) is 0 Å². The van der Waals surface area contributed by atoms with Gasteiger partial charge in [0, 0.05) is 29.9 Å². The van der Waals surface area contributed by atoms with Crippen molar-refractivity contribution in [3.8, 4) is 0 Å². The molecule has 30 heavy (non-hydrogen) atoms. The van der Waals surface area contributed by atoms with E-state index < -0.39 is 10.0 Å². The first-order valence-electron chi connectivity index (χ1n) is 10.3. The smallest absolute Gasteiger partial charge is 0.236 e. The molecule has 0 bridgehead atoms. The van der Waals surface area contributed by atoms with Crippen LogP contribution in [-0.4, -0.2) is 23.3 Å². The Morgan fingerprint density at radius 2 is 1.53 bits per heavy atom. The van der Waals surface area contributed by atoms with Crippen LogP contribution in [0.5, 0.6) is 0 Å². The van der Waals surface area contributed by atoms with Crippen LogP contribution in [-0.2, 0) is 23.1 Å². The number of hydrogen-bond donors (Lipinski definition) is 0. The molecule has 5 heteroatoms. The van der Waals surface area contributed by atoms with Gasteiger partial charge in [0.25, 0.3) is 0 Å². The third kappa shape index (κ3) is 5.71. The second kappa shape index (κ2) is 9.92. The van der Waals surface area contributed by atoms with Crippen LogP contribution in [0.25, 0.3) is 6.08 Å². The van der Waals surface area contributed by atoms with E-state index in [-0.39, 0.29) is 12.0 Å².